The molecule has 1 amide bonds. The molecule has 2 aromatic rings. The third-order valence-electron chi connectivity index (χ3n) is 5.03. The van der Waals surface area contributed by atoms with Gasteiger partial charge in [-0.1, -0.05) is 19.8 Å². The summed E-state index contributed by atoms with van der Waals surface area (Å²) in [6.45, 7) is 6.38. The lowest BCUT2D eigenvalue weighted by molar-refractivity contribution is -0.197. The molecular formula is C18H26N6O4. The van der Waals surface area contributed by atoms with Crippen molar-refractivity contribution in [2.45, 2.75) is 70.4 Å². The number of imidazole rings is 1. The van der Waals surface area contributed by atoms with E-state index in [4.69, 9.17) is 19.9 Å². The molecule has 0 aliphatic carbocycles. The summed E-state index contributed by atoms with van der Waals surface area (Å²) in [5.41, 5.74) is 6.89. The van der Waals surface area contributed by atoms with Crippen LogP contribution in [-0.4, -0.2) is 56.1 Å². The van der Waals surface area contributed by atoms with E-state index in [0.717, 1.165) is 19.3 Å². The van der Waals surface area contributed by atoms with Crippen molar-refractivity contribution >= 4 is 22.9 Å². The fourth-order valence-corrected chi connectivity index (χ4v) is 3.76. The highest BCUT2D eigenvalue weighted by Crippen LogP contribution is 2.43. The second kappa shape index (κ2) is 7.26. The van der Waals surface area contributed by atoms with E-state index in [1.807, 2.05) is 13.8 Å². The van der Waals surface area contributed by atoms with Crippen molar-refractivity contribution in [3.05, 3.63) is 12.7 Å². The number of rotatable bonds is 6. The molecule has 10 heteroatoms. The maximum Gasteiger partial charge on any atom is 0.252 e. The third-order valence-corrected chi connectivity index (χ3v) is 5.03. The van der Waals surface area contributed by atoms with E-state index in [0.29, 0.717) is 17.7 Å². The van der Waals surface area contributed by atoms with Gasteiger partial charge in [-0.05, 0) is 20.3 Å². The molecule has 2 aromatic heterocycles. The van der Waals surface area contributed by atoms with Gasteiger partial charge in [0.25, 0.3) is 5.91 Å². The first-order valence-corrected chi connectivity index (χ1v) is 9.63. The van der Waals surface area contributed by atoms with E-state index < -0.39 is 30.3 Å². The van der Waals surface area contributed by atoms with Crippen LogP contribution in [0.3, 0.4) is 0 Å². The summed E-state index contributed by atoms with van der Waals surface area (Å²) in [4.78, 5) is 25.3. The molecule has 0 bridgehead atoms. The van der Waals surface area contributed by atoms with Gasteiger partial charge in [0.2, 0.25) is 0 Å². The number of unbranched alkanes of at least 4 members (excludes halogenated alkanes) is 2. The highest BCUT2D eigenvalue weighted by Gasteiger charge is 2.58. The molecule has 28 heavy (non-hydrogen) atoms. The second-order valence-corrected chi connectivity index (χ2v) is 7.59. The maximum absolute atomic E-state index is 12.8. The fourth-order valence-electron chi connectivity index (χ4n) is 3.76. The Morgan fingerprint density at radius 2 is 2.04 bits per heavy atom. The van der Waals surface area contributed by atoms with Crippen molar-refractivity contribution in [1.82, 2.24) is 24.8 Å². The van der Waals surface area contributed by atoms with Crippen LogP contribution in [0.25, 0.3) is 11.2 Å². The Bertz CT molecular complexity index is 869. The predicted octanol–water partition coefficient (Wildman–Crippen LogP) is 1.13. The topological polar surface area (TPSA) is 126 Å². The number of ether oxygens (including phenoxy) is 3. The van der Waals surface area contributed by atoms with Gasteiger partial charge < -0.3 is 25.3 Å². The quantitative estimate of drug-likeness (QED) is 0.703. The van der Waals surface area contributed by atoms with Crippen LogP contribution in [0, 0.1) is 0 Å². The van der Waals surface area contributed by atoms with E-state index in [9.17, 15) is 4.79 Å². The summed E-state index contributed by atoms with van der Waals surface area (Å²) in [5.74, 6) is -0.733. The van der Waals surface area contributed by atoms with Gasteiger partial charge in [0, 0.05) is 6.54 Å². The summed E-state index contributed by atoms with van der Waals surface area (Å²) in [5, 5.41) is 2.94. The minimum Gasteiger partial charge on any atom is -0.382 e. The highest BCUT2D eigenvalue weighted by molar-refractivity contribution is 5.83. The number of aromatic nitrogens is 4. The Labute approximate surface area is 162 Å². The normalized spacial score (nSPS) is 28.5. The van der Waals surface area contributed by atoms with Crippen LogP contribution in [0.4, 0.5) is 5.82 Å². The Hall–Kier alpha value is -2.30. The van der Waals surface area contributed by atoms with Gasteiger partial charge in [-0.2, -0.15) is 0 Å². The largest absolute Gasteiger partial charge is 0.382 e. The molecule has 4 heterocycles. The van der Waals surface area contributed by atoms with Gasteiger partial charge in [-0.25, -0.2) is 15.0 Å². The number of amides is 1. The van der Waals surface area contributed by atoms with E-state index in [2.05, 4.69) is 27.2 Å². The smallest absolute Gasteiger partial charge is 0.252 e. The lowest BCUT2D eigenvalue weighted by Gasteiger charge is -2.24. The molecule has 4 atom stereocenters. The molecule has 4 rings (SSSR count). The Balaban J connectivity index is 1.60. The molecule has 2 saturated heterocycles. The Morgan fingerprint density at radius 1 is 1.25 bits per heavy atom. The van der Waals surface area contributed by atoms with Gasteiger partial charge in [0.15, 0.2) is 29.6 Å². The van der Waals surface area contributed by atoms with Gasteiger partial charge >= 0.3 is 0 Å². The van der Waals surface area contributed by atoms with Crippen LogP contribution in [0.2, 0.25) is 0 Å². The van der Waals surface area contributed by atoms with Crippen molar-refractivity contribution in [1.29, 1.82) is 0 Å². The number of hydrogen-bond donors (Lipinski definition) is 2. The van der Waals surface area contributed by atoms with Crippen LogP contribution in [0.1, 0.15) is 46.3 Å². The molecule has 2 fully saturated rings. The Morgan fingerprint density at radius 3 is 2.82 bits per heavy atom. The number of carbonyl (C=O) groups excluding carboxylic acids is 1. The fraction of sp³-hybridized carbons (Fsp3) is 0.667. The molecule has 3 N–H and O–H groups in total. The second-order valence-electron chi connectivity index (χ2n) is 7.59. The average molecular weight is 390 g/mol. The zero-order valence-electron chi connectivity index (χ0n) is 16.3. The number of nitrogen functional groups attached to an aromatic ring is 1. The standard InChI is InChI=1S/C18H26N6O4/c1-4-5-6-7-20-16(25)12-11-13(28-18(2,3)27-11)17(26-12)24-9-23-10-14(19)21-8-22-15(10)24/h8-9,11-13,17H,4-7H2,1-3H3,(H,20,25)(H2,19,21,22)/t11-,12+,13-,17-/m1/s1. The van der Waals surface area contributed by atoms with Crippen molar-refractivity contribution in [2.24, 2.45) is 0 Å². The van der Waals surface area contributed by atoms with Crippen LogP contribution < -0.4 is 11.1 Å². The Kier molecular flexibility index (Phi) is 4.94. The van der Waals surface area contributed by atoms with Gasteiger partial charge in [0.1, 0.15) is 24.1 Å². The number of nitrogens with two attached hydrogens (primary N) is 1. The average Bonchev–Trinajstić information content (AvgIpc) is 3.30. The minimum atomic E-state index is -0.817. The molecule has 2 aliphatic rings. The maximum atomic E-state index is 12.8. The van der Waals surface area contributed by atoms with Gasteiger partial charge in [0.05, 0.1) is 6.33 Å². The first-order valence-electron chi connectivity index (χ1n) is 9.63. The minimum absolute atomic E-state index is 0.200. The molecule has 0 spiro atoms. The molecule has 0 aromatic carbocycles. The lowest BCUT2D eigenvalue weighted by atomic mass is 10.1. The number of anilines is 1. The monoisotopic (exact) mass is 390 g/mol. The molecule has 0 saturated carbocycles. The highest BCUT2D eigenvalue weighted by atomic mass is 16.8. The number of hydrogen-bond acceptors (Lipinski definition) is 8. The van der Waals surface area contributed by atoms with Gasteiger partial charge in [-0.3, -0.25) is 9.36 Å². The first-order chi connectivity index (χ1) is 13.4. The van der Waals surface area contributed by atoms with Crippen LogP contribution in [-0.2, 0) is 19.0 Å². The number of nitrogens with one attached hydrogen (secondary N) is 1. The zero-order chi connectivity index (χ0) is 19.9. The zero-order valence-corrected chi connectivity index (χ0v) is 16.3. The van der Waals surface area contributed by atoms with Crippen molar-refractivity contribution < 1.29 is 19.0 Å². The van der Waals surface area contributed by atoms with E-state index in [1.165, 1.54) is 6.33 Å². The summed E-state index contributed by atoms with van der Waals surface area (Å²) in [7, 11) is 0. The van der Waals surface area contributed by atoms with Crippen LogP contribution >= 0.6 is 0 Å². The summed E-state index contributed by atoms with van der Waals surface area (Å²) < 4.78 is 19.9. The number of fused-ring (bicyclic) bond motifs is 2. The SMILES string of the molecule is CCCCCNC(=O)[C@H]1O[C@@H](n2cnc3c(N)ncnc32)[C@@H]2OC(C)(C)O[C@@H]21. The van der Waals surface area contributed by atoms with Crippen LogP contribution in [0.15, 0.2) is 12.7 Å². The van der Waals surface area contributed by atoms with Crippen molar-refractivity contribution in [3.8, 4) is 0 Å². The summed E-state index contributed by atoms with van der Waals surface area (Å²) in [6, 6.07) is 0. The van der Waals surface area contributed by atoms with Crippen molar-refractivity contribution in [3.63, 3.8) is 0 Å². The van der Waals surface area contributed by atoms with E-state index in [1.54, 1.807) is 10.9 Å². The molecule has 10 nitrogen and oxygen atoms in total. The van der Waals surface area contributed by atoms with Gasteiger partial charge in [-0.15, -0.1) is 0 Å². The summed E-state index contributed by atoms with van der Waals surface area (Å²) >= 11 is 0. The molecular weight excluding hydrogens is 364 g/mol. The molecule has 0 unspecified atom stereocenters. The number of carbonyl (C=O) groups is 1. The third kappa shape index (κ3) is 3.31. The van der Waals surface area contributed by atoms with E-state index in [-0.39, 0.29) is 11.7 Å². The van der Waals surface area contributed by atoms with Crippen LogP contribution in [0.5, 0.6) is 0 Å². The molecule has 152 valence electrons. The molecule has 0 radical (unpaired) electrons. The predicted molar refractivity (Wildman–Crippen MR) is 100 cm³/mol. The van der Waals surface area contributed by atoms with Crippen molar-refractivity contribution in [2.75, 3.05) is 12.3 Å². The lowest BCUT2D eigenvalue weighted by Crippen LogP contribution is -2.43. The molecule has 2 aliphatic heterocycles. The van der Waals surface area contributed by atoms with E-state index >= 15 is 0 Å². The number of nitrogens with zero attached hydrogens (tertiary/aromatic N) is 4. The summed E-state index contributed by atoms with van der Waals surface area (Å²) in [6.07, 6.45) is 3.63. The first kappa shape index (κ1) is 19.0.